The molecule has 0 bridgehead atoms. The number of nitrogens with zero attached hydrogens (tertiary/aromatic N) is 1. The molecule has 0 saturated heterocycles. The van der Waals surface area contributed by atoms with E-state index in [0.717, 1.165) is 15.6 Å². The molecule has 76 valence electrons. The molecule has 0 fully saturated rings. The number of pyridine rings is 1. The second-order valence-electron chi connectivity index (χ2n) is 3.30. The molecule has 0 amide bonds. The molecule has 1 heterocycles. The largest absolute Gasteiger partial charge is 0.307 e. The van der Waals surface area contributed by atoms with Crippen molar-refractivity contribution in [1.82, 2.24) is 4.98 Å². The maximum absolute atomic E-state index is 11.3. The Morgan fingerprint density at radius 3 is 2.69 bits per heavy atom. The second kappa shape index (κ2) is 4.62. The van der Waals surface area contributed by atoms with Gasteiger partial charge in [0, 0.05) is 28.0 Å². The Bertz CT molecular complexity index is 542. The molecule has 2 radical (unpaired) electrons. The molecule has 16 heavy (non-hydrogen) atoms. The molecule has 0 saturated carbocycles. The Balaban J connectivity index is 2.60. The summed E-state index contributed by atoms with van der Waals surface area (Å²) >= 11 is 3.34. The van der Waals surface area contributed by atoms with Crippen molar-refractivity contribution in [2.45, 2.75) is 0 Å². The molecule has 2 aromatic rings. The van der Waals surface area contributed by atoms with Gasteiger partial charge in [-0.1, -0.05) is 24.3 Å². The van der Waals surface area contributed by atoms with Gasteiger partial charge in [0.1, 0.15) is 5.68 Å². The summed E-state index contributed by atoms with van der Waals surface area (Å²) in [5.74, 6) is 0. The highest BCUT2D eigenvalue weighted by molar-refractivity contribution is 9.10. The third kappa shape index (κ3) is 2.22. The van der Waals surface area contributed by atoms with Gasteiger partial charge in [-0.2, -0.15) is 0 Å². The van der Waals surface area contributed by atoms with Gasteiger partial charge in [0.25, 0.3) is 0 Å². The highest BCUT2D eigenvalue weighted by Crippen LogP contribution is 2.25. The molecule has 0 N–H and O–H groups in total. The lowest BCUT2D eigenvalue weighted by atomic mass is 9.89. The lowest BCUT2D eigenvalue weighted by Crippen LogP contribution is -2.00. The normalized spacial score (nSPS) is 10.1. The van der Waals surface area contributed by atoms with E-state index in [1.165, 1.54) is 0 Å². The van der Waals surface area contributed by atoms with Crippen LogP contribution in [0, 0.1) is 0 Å². The van der Waals surface area contributed by atoms with Crippen LogP contribution in [0.1, 0.15) is 10.4 Å². The highest BCUT2D eigenvalue weighted by atomic mass is 79.9. The molecular weight excluding hydrogens is 265 g/mol. The summed E-state index contributed by atoms with van der Waals surface area (Å²) in [5.41, 5.74) is 1.73. The van der Waals surface area contributed by atoms with Gasteiger partial charge < -0.3 is 4.79 Å². The predicted molar refractivity (Wildman–Crippen MR) is 67.5 cm³/mol. The van der Waals surface area contributed by atoms with Crippen LogP contribution in [0.4, 0.5) is 0 Å². The van der Waals surface area contributed by atoms with Crippen LogP contribution >= 0.6 is 15.9 Å². The number of rotatable bonds is 2. The first-order valence-electron chi connectivity index (χ1n) is 4.68. The summed E-state index contributed by atoms with van der Waals surface area (Å²) in [4.78, 5) is 15.3. The van der Waals surface area contributed by atoms with E-state index in [4.69, 9.17) is 7.85 Å². The fraction of sp³-hybridized carbons (Fsp3) is 0. The fourth-order valence-corrected chi connectivity index (χ4v) is 1.87. The minimum Gasteiger partial charge on any atom is -0.307 e. The molecule has 2 rings (SSSR count). The van der Waals surface area contributed by atoms with E-state index < -0.39 is 5.68 Å². The van der Waals surface area contributed by atoms with E-state index in [1.807, 2.05) is 18.2 Å². The number of benzene rings is 1. The van der Waals surface area contributed by atoms with E-state index in [1.54, 1.807) is 24.5 Å². The minimum absolute atomic E-state index is 0.435. The van der Waals surface area contributed by atoms with Crippen LogP contribution in [0.3, 0.4) is 0 Å². The van der Waals surface area contributed by atoms with Crippen molar-refractivity contribution < 1.29 is 4.79 Å². The van der Waals surface area contributed by atoms with Gasteiger partial charge in [-0.3, -0.25) is 4.98 Å². The number of hydrogen-bond acceptors (Lipinski definition) is 2. The van der Waals surface area contributed by atoms with Gasteiger partial charge in [-0.05, 0) is 27.6 Å². The Kier molecular flexibility index (Phi) is 3.20. The molecule has 2 nitrogen and oxygen atoms in total. The number of aromatic nitrogens is 1. The molecule has 1 aromatic heterocycles. The molecule has 1 aromatic carbocycles. The van der Waals surface area contributed by atoms with Crippen molar-refractivity contribution in [2.24, 2.45) is 0 Å². The lowest BCUT2D eigenvalue weighted by molar-refractivity contribution is 0.108. The first kappa shape index (κ1) is 11.1. The Hall–Kier alpha value is -1.42. The number of carbonyl (C=O) groups excluding carboxylic acids is 1. The van der Waals surface area contributed by atoms with Gasteiger partial charge in [-0.25, -0.2) is 0 Å². The minimum atomic E-state index is -0.435. The molecule has 0 aliphatic carbocycles. The number of halogens is 1. The molecule has 0 aliphatic rings. The van der Waals surface area contributed by atoms with Crippen molar-refractivity contribution in [3.8, 4) is 11.1 Å². The Morgan fingerprint density at radius 1 is 1.25 bits per heavy atom. The first-order valence-corrected chi connectivity index (χ1v) is 5.47. The van der Waals surface area contributed by atoms with Gasteiger partial charge >= 0.3 is 0 Å². The van der Waals surface area contributed by atoms with Gasteiger partial charge in [0.15, 0.2) is 7.85 Å². The highest BCUT2D eigenvalue weighted by Gasteiger charge is 2.08. The average Bonchev–Trinajstić information content (AvgIpc) is 2.29. The summed E-state index contributed by atoms with van der Waals surface area (Å²) in [7, 11) is 5.32. The summed E-state index contributed by atoms with van der Waals surface area (Å²) < 4.78 is 0.865. The zero-order valence-corrected chi connectivity index (χ0v) is 9.94. The molecule has 0 aliphatic heterocycles. The first-order chi connectivity index (χ1) is 7.68. The lowest BCUT2D eigenvalue weighted by Gasteiger charge is -2.06. The maximum Gasteiger partial charge on any atom is 0.175 e. The zero-order valence-electron chi connectivity index (χ0n) is 8.35. The van der Waals surface area contributed by atoms with Gasteiger partial charge in [-0.15, -0.1) is 0 Å². The van der Waals surface area contributed by atoms with Gasteiger partial charge in [0.2, 0.25) is 0 Å². The summed E-state index contributed by atoms with van der Waals surface area (Å²) in [6, 6.07) is 9.11. The SMILES string of the molecule is [B]C(=O)c1ccccc1-c1cncc(Br)c1. The van der Waals surface area contributed by atoms with Crippen molar-refractivity contribution in [1.29, 1.82) is 0 Å². The standard InChI is InChI=1S/C12H7BBrNO/c13-12(16)11-4-2-1-3-10(11)8-5-9(14)7-15-6-8/h1-7H. The number of hydrogen-bond donors (Lipinski definition) is 0. The van der Waals surface area contributed by atoms with E-state index in [0.29, 0.717) is 5.56 Å². The molecule has 0 unspecified atom stereocenters. The van der Waals surface area contributed by atoms with Crippen LogP contribution in [0.5, 0.6) is 0 Å². The van der Waals surface area contributed by atoms with Crippen LogP contribution in [0.2, 0.25) is 0 Å². The van der Waals surface area contributed by atoms with E-state index >= 15 is 0 Å². The van der Waals surface area contributed by atoms with Crippen molar-refractivity contribution in [3.05, 3.63) is 52.8 Å². The average molecular weight is 272 g/mol. The van der Waals surface area contributed by atoms with Crippen molar-refractivity contribution in [2.75, 3.05) is 0 Å². The molecular formula is C12H7BBrNO. The van der Waals surface area contributed by atoms with E-state index in [2.05, 4.69) is 20.9 Å². The topological polar surface area (TPSA) is 30.0 Å². The summed E-state index contributed by atoms with van der Waals surface area (Å²) in [6.07, 6.45) is 3.39. The van der Waals surface area contributed by atoms with Crippen LogP contribution in [0.15, 0.2) is 47.2 Å². The van der Waals surface area contributed by atoms with E-state index in [-0.39, 0.29) is 0 Å². The van der Waals surface area contributed by atoms with Crippen LogP contribution in [-0.4, -0.2) is 18.5 Å². The molecule has 4 heteroatoms. The van der Waals surface area contributed by atoms with Crippen LogP contribution < -0.4 is 0 Å². The third-order valence-electron chi connectivity index (χ3n) is 2.21. The zero-order chi connectivity index (χ0) is 11.5. The Morgan fingerprint density at radius 2 is 2.00 bits per heavy atom. The van der Waals surface area contributed by atoms with Crippen LogP contribution in [-0.2, 0) is 0 Å². The van der Waals surface area contributed by atoms with Gasteiger partial charge in [0.05, 0.1) is 0 Å². The van der Waals surface area contributed by atoms with Crippen molar-refractivity contribution >= 4 is 29.5 Å². The molecule has 0 atom stereocenters. The summed E-state index contributed by atoms with van der Waals surface area (Å²) in [6.45, 7) is 0. The fourth-order valence-electron chi connectivity index (χ4n) is 1.51. The maximum atomic E-state index is 11.3. The predicted octanol–water partition coefficient (Wildman–Crippen LogP) is 2.82. The summed E-state index contributed by atoms with van der Waals surface area (Å²) in [5, 5.41) is 0. The van der Waals surface area contributed by atoms with Crippen molar-refractivity contribution in [3.63, 3.8) is 0 Å². The monoisotopic (exact) mass is 271 g/mol. The quantitative estimate of drug-likeness (QED) is 0.787. The van der Waals surface area contributed by atoms with E-state index in [9.17, 15) is 4.79 Å². The third-order valence-corrected chi connectivity index (χ3v) is 2.64. The smallest absolute Gasteiger partial charge is 0.175 e. The molecule has 0 spiro atoms. The van der Waals surface area contributed by atoms with Crippen LogP contribution in [0.25, 0.3) is 11.1 Å². The second-order valence-corrected chi connectivity index (χ2v) is 4.22. The Labute approximate surface area is 103 Å². The number of carbonyl (C=O) groups is 1.